The van der Waals surface area contributed by atoms with E-state index in [9.17, 15) is 9.59 Å². The maximum atomic E-state index is 12.9. The molecule has 3 rings (SSSR count). The zero-order valence-corrected chi connectivity index (χ0v) is 14.3. The van der Waals surface area contributed by atoms with E-state index in [1.54, 1.807) is 6.07 Å². The summed E-state index contributed by atoms with van der Waals surface area (Å²) in [7, 11) is 0. The molecule has 2 aliphatic heterocycles. The van der Waals surface area contributed by atoms with Crippen molar-refractivity contribution in [1.29, 1.82) is 0 Å². The molecule has 5 nitrogen and oxygen atoms in total. The van der Waals surface area contributed by atoms with Crippen molar-refractivity contribution in [1.82, 2.24) is 4.90 Å². The number of hydrogen-bond acceptors (Lipinski definition) is 3. The Hall–Kier alpha value is -1.88. The van der Waals surface area contributed by atoms with Gasteiger partial charge < -0.3 is 15.0 Å². The van der Waals surface area contributed by atoms with E-state index in [1.807, 2.05) is 23.1 Å². The van der Waals surface area contributed by atoms with E-state index >= 15 is 0 Å². The number of rotatable bonds is 4. The molecule has 1 N–H and O–H groups in total. The van der Waals surface area contributed by atoms with Crippen molar-refractivity contribution in [2.24, 2.45) is 0 Å². The molecule has 0 radical (unpaired) electrons. The van der Waals surface area contributed by atoms with E-state index in [2.05, 4.69) is 12.2 Å². The van der Waals surface area contributed by atoms with E-state index in [1.165, 1.54) is 6.42 Å². The number of piperidine rings is 1. The zero-order valence-electron chi connectivity index (χ0n) is 14.3. The Kier molecular flexibility index (Phi) is 5.51. The molecule has 2 fully saturated rings. The SMILES string of the molecule is CCC1CCCCN1C(=O)c1cccc(NC(=O)C2CCCO2)c1. The van der Waals surface area contributed by atoms with Gasteiger partial charge in [-0.3, -0.25) is 9.59 Å². The summed E-state index contributed by atoms with van der Waals surface area (Å²) in [5.74, 6) is -0.0590. The summed E-state index contributed by atoms with van der Waals surface area (Å²) in [6, 6.07) is 7.57. The molecule has 0 saturated carbocycles. The molecule has 2 aliphatic rings. The molecule has 0 aliphatic carbocycles. The van der Waals surface area contributed by atoms with Crippen LogP contribution in [0.25, 0.3) is 0 Å². The minimum absolute atomic E-state index is 0.0646. The van der Waals surface area contributed by atoms with Crippen LogP contribution >= 0.6 is 0 Å². The summed E-state index contributed by atoms with van der Waals surface area (Å²) in [6.45, 7) is 3.60. The first-order valence-electron chi connectivity index (χ1n) is 9.02. The zero-order chi connectivity index (χ0) is 16.9. The summed E-state index contributed by atoms with van der Waals surface area (Å²) in [6.07, 6.45) is 5.65. The highest BCUT2D eigenvalue weighted by atomic mass is 16.5. The molecule has 0 aromatic heterocycles. The molecule has 1 aromatic carbocycles. The summed E-state index contributed by atoms with van der Waals surface area (Å²) < 4.78 is 5.40. The molecule has 2 saturated heterocycles. The van der Waals surface area contributed by atoms with Crippen LogP contribution in [0.2, 0.25) is 0 Å². The lowest BCUT2D eigenvalue weighted by atomic mass is 9.99. The van der Waals surface area contributed by atoms with Crippen molar-refractivity contribution in [3.63, 3.8) is 0 Å². The average molecular weight is 330 g/mol. The highest BCUT2D eigenvalue weighted by molar-refractivity contribution is 5.98. The second-order valence-corrected chi connectivity index (χ2v) is 6.63. The van der Waals surface area contributed by atoms with Gasteiger partial charge in [-0.15, -0.1) is 0 Å². The second-order valence-electron chi connectivity index (χ2n) is 6.63. The normalized spacial score (nSPS) is 24.0. The molecule has 2 unspecified atom stereocenters. The molecule has 130 valence electrons. The van der Waals surface area contributed by atoms with Gasteiger partial charge in [0.1, 0.15) is 6.10 Å². The summed E-state index contributed by atoms with van der Waals surface area (Å²) in [4.78, 5) is 27.0. The lowest BCUT2D eigenvalue weighted by Gasteiger charge is -2.35. The van der Waals surface area contributed by atoms with Crippen LogP contribution in [0.15, 0.2) is 24.3 Å². The van der Waals surface area contributed by atoms with Gasteiger partial charge in [-0.25, -0.2) is 0 Å². The fourth-order valence-corrected chi connectivity index (χ4v) is 3.60. The van der Waals surface area contributed by atoms with E-state index in [0.717, 1.165) is 38.6 Å². The number of nitrogens with zero attached hydrogens (tertiary/aromatic N) is 1. The molecule has 2 heterocycles. The van der Waals surface area contributed by atoms with Gasteiger partial charge in [0.05, 0.1) is 0 Å². The first-order valence-corrected chi connectivity index (χ1v) is 9.02. The van der Waals surface area contributed by atoms with Crippen LogP contribution in [0.4, 0.5) is 5.69 Å². The molecule has 2 amide bonds. The van der Waals surface area contributed by atoms with Crippen molar-refractivity contribution in [3.8, 4) is 0 Å². The molecular formula is C19H26N2O3. The third-order valence-corrected chi connectivity index (χ3v) is 4.96. The maximum Gasteiger partial charge on any atom is 0.254 e. The second kappa shape index (κ2) is 7.79. The predicted octanol–water partition coefficient (Wildman–Crippen LogP) is 3.21. The molecule has 2 atom stereocenters. The summed E-state index contributed by atoms with van der Waals surface area (Å²) >= 11 is 0. The lowest BCUT2D eigenvalue weighted by Crippen LogP contribution is -2.43. The maximum absolute atomic E-state index is 12.9. The summed E-state index contributed by atoms with van der Waals surface area (Å²) in [5, 5.41) is 2.87. The Labute approximate surface area is 143 Å². The Morgan fingerprint density at radius 3 is 2.88 bits per heavy atom. The Balaban J connectivity index is 1.69. The fourth-order valence-electron chi connectivity index (χ4n) is 3.60. The van der Waals surface area contributed by atoms with Gasteiger partial charge in [0.15, 0.2) is 0 Å². The fraction of sp³-hybridized carbons (Fsp3) is 0.579. The monoisotopic (exact) mass is 330 g/mol. The number of ether oxygens (including phenoxy) is 1. The van der Waals surface area contributed by atoms with Crippen molar-refractivity contribution in [2.75, 3.05) is 18.5 Å². The van der Waals surface area contributed by atoms with Crippen molar-refractivity contribution in [2.45, 2.75) is 57.6 Å². The van der Waals surface area contributed by atoms with Crippen molar-refractivity contribution in [3.05, 3.63) is 29.8 Å². The van der Waals surface area contributed by atoms with Crippen LogP contribution in [-0.2, 0) is 9.53 Å². The Morgan fingerprint density at radius 2 is 2.12 bits per heavy atom. The van der Waals surface area contributed by atoms with Crippen LogP contribution in [0.1, 0.15) is 55.8 Å². The number of nitrogens with one attached hydrogen (secondary N) is 1. The lowest BCUT2D eigenvalue weighted by molar-refractivity contribution is -0.124. The molecule has 1 aromatic rings. The van der Waals surface area contributed by atoms with Crippen LogP contribution in [0.5, 0.6) is 0 Å². The third-order valence-electron chi connectivity index (χ3n) is 4.96. The van der Waals surface area contributed by atoms with Crippen molar-refractivity contribution >= 4 is 17.5 Å². The standard InChI is InChI=1S/C19H26N2O3/c1-2-16-9-3-4-11-21(16)19(23)14-7-5-8-15(13-14)20-18(22)17-10-6-12-24-17/h5,7-8,13,16-17H,2-4,6,9-12H2,1H3,(H,20,22). The Bertz CT molecular complexity index is 596. The van der Waals surface area contributed by atoms with Gasteiger partial charge >= 0.3 is 0 Å². The first-order chi connectivity index (χ1) is 11.7. The average Bonchev–Trinajstić information content (AvgIpc) is 3.16. The van der Waals surface area contributed by atoms with E-state index in [-0.39, 0.29) is 17.9 Å². The number of carbonyl (C=O) groups excluding carboxylic acids is 2. The minimum atomic E-state index is -0.365. The minimum Gasteiger partial charge on any atom is -0.368 e. The third kappa shape index (κ3) is 3.78. The number of anilines is 1. The summed E-state index contributed by atoms with van der Waals surface area (Å²) in [5.41, 5.74) is 1.30. The highest BCUT2D eigenvalue weighted by Gasteiger charge is 2.27. The first kappa shape index (κ1) is 17.0. The van der Waals surface area contributed by atoms with E-state index < -0.39 is 0 Å². The van der Waals surface area contributed by atoms with Gasteiger partial charge in [-0.2, -0.15) is 0 Å². The van der Waals surface area contributed by atoms with E-state index in [0.29, 0.717) is 23.9 Å². The van der Waals surface area contributed by atoms with Crippen LogP contribution in [-0.4, -0.2) is 42.0 Å². The van der Waals surface area contributed by atoms with E-state index in [4.69, 9.17) is 4.74 Å². The highest BCUT2D eigenvalue weighted by Crippen LogP contribution is 2.23. The molecule has 24 heavy (non-hydrogen) atoms. The van der Waals surface area contributed by atoms with Gasteiger partial charge in [0, 0.05) is 30.4 Å². The number of amides is 2. The Morgan fingerprint density at radius 1 is 1.25 bits per heavy atom. The van der Waals surface area contributed by atoms with Crippen LogP contribution < -0.4 is 5.32 Å². The van der Waals surface area contributed by atoms with Gasteiger partial charge in [0.2, 0.25) is 0 Å². The molecular weight excluding hydrogens is 304 g/mol. The largest absolute Gasteiger partial charge is 0.368 e. The number of benzene rings is 1. The van der Waals surface area contributed by atoms with Crippen molar-refractivity contribution < 1.29 is 14.3 Å². The van der Waals surface area contributed by atoms with Gasteiger partial charge in [-0.1, -0.05) is 13.0 Å². The molecule has 0 bridgehead atoms. The number of carbonyl (C=O) groups is 2. The number of hydrogen-bond donors (Lipinski definition) is 1. The van der Waals surface area contributed by atoms with Crippen LogP contribution in [0, 0.1) is 0 Å². The number of likely N-dealkylation sites (tertiary alicyclic amines) is 1. The quantitative estimate of drug-likeness (QED) is 0.922. The molecule has 0 spiro atoms. The van der Waals surface area contributed by atoms with Gasteiger partial charge in [0.25, 0.3) is 11.8 Å². The smallest absolute Gasteiger partial charge is 0.254 e. The van der Waals surface area contributed by atoms with Gasteiger partial charge in [-0.05, 0) is 56.7 Å². The topological polar surface area (TPSA) is 58.6 Å². The van der Waals surface area contributed by atoms with Crippen LogP contribution in [0.3, 0.4) is 0 Å². The predicted molar refractivity (Wildman–Crippen MR) is 93.0 cm³/mol. The molecule has 5 heteroatoms.